The van der Waals surface area contributed by atoms with E-state index in [0.29, 0.717) is 43.6 Å². The fraction of sp³-hybridized carbons (Fsp3) is 0. The number of halogens is 5. The van der Waals surface area contributed by atoms with Crippen LogP contribution in [0.5, 0.6) is 0 Å². The van der Waals surface area contributed by atoms with Gasteiger partial charge in [-0.2, -0.15) is 5.26 Å². The minimum absolute atomic E-state index is 0.0237. The van der Waals surface area contributed by atoms with Crippen molar-refractivity contribution >= 4 is 43.6 Å². The molecular weight excluding hydrogens is 1170 g/mol. The molecule has 16 aromatic rings. The van der Waals surface area contributed by atoms with Crippen LogP contribution < -0.4 is 0 Å². The Bertz CT molecular complexity index is 5090. The Balaban J connectivity index is 1.02. The van der Waals surface area contributed by atoms with Crippen molar-refractivity contribution in [2.75, 3.05) is 0 Å². The van der Waals surface area contributed by atoms with E-state index in [1.807, 2.05) is 243 Å². The van der Waals surface area contributed by atoms with Gasteiger partial charge in [-0.05, 0) is 107 Å². The minimum atomic E-state index is -2.31. The first-order valence-electron chi connectivity index (χ1n) is 30.0. The lowest BCUT2D eigenvalue weighted by molar-refractivity contribution is 0.381. The Morgan fingerprint density at radius 1 is 0.269 bits per heavy atom. The SMILES string of the molecule is N#Cc1cc(-n2c3ccc(-c4cccnc4-c4ccccc4)cc3c3cc(-c4cccnc4-c4ccccc4)ccc32)c(-c2c(F)c(F)c(F)c(F)c2F)c(-n2c3ccc(-c4cccnc4-c4ccccc4)cc3c3cc(-c4cccnc4-c4ccccc4)ccc32)c1. The lowest BCUT2D eigenvalue weighted by Gasteiger charge is -2.22. The van der Waals surface area contributed by atoms with E-state index in [9.17, 15) is 5.26 Å². The highest BCUT2D eigenvalue weighted by Gasteiger charge is 2.33. The van der Waals surface area contributed by atoms with E-state index in [1.54, 1.807) is 33.9 Å². The van der Waals surface area contributed by atoms with E-state index in [0.717, 1.165) is 89.5 Å². The van der Waals surface area contributed by atoms with Gasteiger partial charge in [0.1, 0.15) is 0 Å². The van der Waals surface area contributed by atoms with Crippen molar-refractivity contribution in [3.8, 4) is 118 Å². The van der Waals surface area contributed by atoms with Gasteiger partial charge in [-0.25, -0.2) is 22.0 Å². The summed E-state index contributed by atoms with van der Waals surface area (Å²) in [6.07, 6.45) is 6.95. The van der Waals surface area contributed by atoms with Gasteiger partial charge in [-0.3, -0.25) is 19.9 Å². The Kier molecular flexibility index (Phi) is 13.7. The highest BCUT2D eigenvalue weighted by Crippen LogP contribution is 2.48. The van der Waals surface area contributed by atoms with Gasteiger partial charge in [0.25, 0.3) is 0 Å². The maximum Gasteiger partial charge on any atom is 0.200 e. The van der Waals surface area contributed by atoms with Crippen molar-refractivity contribution in [3.63, 3.8) is 0 Å². The summed E-state index contributed by atoms with van der Waals surface area (Å²) >= 11 is 0. The molecule has 7 nitrogen and oxygen atoms in total. The Morgan fingerprint density at radius 3 is 0.806 bits per heavy atom. The lowest BCUT2D eigenvalue weighted by Crippen LogP contribution is -2.10. The molecule has 0 fully saturated rings. The fourth-order valence-corrected chi connectivity index (χ4v) is 13.2. The molecule has 0 radical (unpaired) electrons. The van der Waals surface area contributed by atoms with E-state index in [2.05, 4.69) is 6.07 Å². The number of benzene rings is 10. The van der Waals surface area contributed by atoms with E-state index in [1.165, 1.54) is 12.1 Å². The third-order valence-corrected chi connectivity index (χ3v) is 17.4. The minimum Gasteiger partial charge on any atom is -0.308 e. The Labute approximate surface area is 529 Å². The van der Waals surface area contributed by atoms with Crippen LogP contribution in [-0.4, -0.2) is 29.1 Å². The number of nitriles is 1. The van der Waals surface area contributed by atoms with Crippen LogP contribution in [0.1, 0.15) is 5.56 Å². The number of hydrogen-bond acceptors (Lipinski definition) is 5. The molecule has 12 heteroatoms. The number of hydrogen-bond donors (Lipinski definition) is 0. The highest BCUT2D eigenvalue weighted by molar-refractivity contribution is 6.15. The van der Waals surface area contributed by atoms with E-state index in [-0.39, 0.29) is 22.5 Å². The molecule has 0 aliphatic carbocycles. The van der Waals surface area contributed by atoms with Crippen molar-refractivity contribution in [2.24, 2.45) is 0 Å². The highest BCUT2D eigenvalue weighted by atomic mass is 19.2. The molecule has 6 heterocycles. The van der Waals surface area contributed by atoms with Crippen molar-refractivity contribution in [2.45, 2.75) is 0 Å². The van der Waals surface area contributed by atoms with Crippen LogP contribution in [-0.2, 0) is 0 Å². The second kappa shape index (κ2) is 22.8. The summed E-state index contributed by atoms with van der Waals surface area (Å²) in [5.41, 5.74) is 13.2. The van der Waals surface area contributed by atoms with Crippen molar-refractivity contribution in [3.05, 3.63) is 314 Å². The number of rotatable bonds is 11. The molecule has 0 bridgehead atoms. The van der Waals surface area contributed by atoms with Gasteiger partial charge in [0, 0.05) is 96.4 Å². The summed E-state index contributed by atoms with van der Waals surface area (Å²) in [7, 11) is 0. The van der Waals surface area contributed by atoms with Crippen LogP contribution >= 0.6 is 0 Å². The summed E-state index contributed by atoms with van der Waals surface area (Å²) in [6.45, 7) is 0. The maximum atomic E-state index is 17.6. The van der Waals surface area contributed by atoms with Crippen molar-refractivity contribution < 1.29 is 22.0 Å². The normalized spacial score (nSPS) is 11.5. The third kappa shape index (κ3) is 9.40. The molecule has 10 aromatic carbocycles. The molecule has 0 unspecified atom stereocenters. The molecule has 0 spiro atoms. The first-order chi connectivity index (χ1) is 45.7. The number of fused-ring (bicyclic) bond motifs is 6. The predicted octanol–water partition coefficient (Wildman–Crippen LogP) is 21.0. The predicted molar refractivity (Wildman–Crippen MR) is 360 cm³/mol. The zero-order chi connectivity index (χ0) is 62.8. The molecule has 0 N–H and O–H groups in total. The Hall–Kier alpha value is -12.5. The molecule has 0 saturated carbocycles. The monoisotopic (exact) mass is 1210 g/mol. The van der Waals surface area contributed by atoms with Gasteiger partial charge in [0.15, 0.2) is 23.3 Å². The molecule has 0 saturated heterocycles. The third-order valence-electron chi connectivity index (χ3n) is 17.4. The van der Waals surface area contributed by atoms with Gasteiger partial charge < -0.3 is 9.13 Å². The molecular formula is C81H46F5N7. The Morgan fingerprint density at radius 2 is 0.538 bits per heavy atom. The second-order valence-corrected chi connectivity index (χ2v) is 22.6. The van der Waals surface area contributed by atoms with E-state index >= 15 is 22.0 Å². The van der Waals surface area contributed by atoms with Gasteiger partial charge >= 0.3 is 0 Å². The average Bonchev–Trinajstić information content (AvgIpc) is 1.65. The van der Waals surface area contributed by atoms with Crippen molar-refractivity contribution in [1.82, 2.24) is 29.1 Å². The first kappa shape index (κ1) is 55.8. The van der Waals surface area contributed by atoms with Crippen LogP contribution in [0.2, 0.25) is 0 Å². The molecule has 440 valence electrons. The van der Waals surface area contributed by atoms with Gasteiger partial charge in [-0.15, -0.1) is 0 Å². The lowest BCUT2D eigenvalue weighted by atomic mass is 9.96. The molecule has 0 atom stereocenters. The maximum absolute atomic E-state index is 17.6. The summed E-state index contributed by atoms with van der Waals surface area (Å²) in [5.74, 6) is -10.7. The summed E-state index contributed by atoms with van der Waals surface area (Å²) in [4.78, 5) is 19.4. The standard InChI is InChI=1S/C81H46F5N7/c82-73-72(74(83)76(85)77(86)75(73)84)71-69(92-65-33-29-53(57-25-13-37-88-78(57)49-17-5-1-6-18-49)43-61(65)62-44-54(30-34-66(62)92)58-26-14-38-89-79(58)50-19-7-2-8-20-50)41-48(47-87)42-70(71)93-67-35-31-55(59-27-15-39-90-80(59)51-21-9-3-10-22-51)45-63(67)64-46-56(32-36-68(64)93)60-28-16-40-91-81(60)52-23-11-4-12-24-52/h1-46H. The van der Waals surface area contributed by atoms with Gasteiger partial charge in [0.2, 0.25) is 5.82 Å². The number of nitrogens with zero attached hydrogens (tertiary/aromatic N) is 7. The molecule has 0 aliphatic heterocycles. The van der Waals surface area contributed by atoms with Crippen LogP contribution in [0.25, 0.3) is 156 Å². The number of aromatic nitrogens is 6. The molecule has 0 aliphatic rings. The second-order valence-electron chi connectivity index (χ2n) is 22.6. The van der Waals surface area contributed by atoms with Crippen molar-refractivity contribution in [1.29, 1.82) is 5.26 Å². The van der Waals surface area contributed by atoms with Crippen LogP contribution in [0.3, 0.4) is 0 Å². The van der Waals surface area contributed by atoms with Crippen LogP contribution in [0, 0.1) is 40.4 Å². The topological polar surface area (TPSA) is 85.2 Å². The van der Waals surface area contributed by atoms with Crippen LogP contribution in [0.15, 0.2) is 280 Å². The largest absolute Gasteiger partial charge is 0.308 e. The van der Waals surface area contributed by atoms with Gasteiger partial charge in [0.05, 0.1) is 73.4 Å². The average molecular weight is 1210 g/mol. The van der Waals surface area contributed by atoms with E-state index in [4.69, 9.17) is 19.9 Å². The number of pyridine rings is 4. The molecule has 6 aromatic heterocycles. The zero-order valence-corrected chi connectivity index (χ0v) is 49.1. The van der Waals surface area contributed by atoms with E-state index < -0.39 is 34.6 Å². The zero-order valence-electron chi connectivity index (χ0n) is 49.1. The quantitative estimate of drug-likeness (QED) is 0.0732. The summed E-state index contributed by atoms with van der Waals surface area (Å²) in [6, 6.07) is 83.1. The van der Waals surface area contributed by atoms with Gasteiger partial charge in [-0.1, -0.05) is 170 Å². The molecule has 0 amide bonds. The summed E-state index contributed by atoms with van der Waals surface area (Å²) < 4.78 is 87.2. The smallest absolute Gasteiger partial charge is 0.200 e. The first-order valence-corrected chi connectivity index (χ1v) is 30.0. The van der Waals surface area contributed by atoms with Crippen LogP contribution in [0.4, 0.5) is 22.0 Å². The molecule has 93 heavy (non-hydrogen) atoms. The fourth-order valence-electron chi connectivity index (χ4n) is 13.2. The molecule has 16 rings (SSSR count). The summed E-state index contributed by atoms with van der Waals surface area (Å²) in [5, 5.41) is 14.0.